The van der Waals surface area contributed by atoms with Gasteiger partial charge < -0.3 is 10.6 Å². The van der Waals surface area contributed by atoms with E-state index in [2.05, 4.69) is 22.5 Å². The molecule has 0 aliphatic carbocycles. The smallest absolute Gasteiger partial charge is 0.227 e. The molecule has 33 heavy (non-hydrogen) atoms. The predicted octanol–water partition coefficient (Wildman–Crippen LogP) is 5.14. The summed E-state index contributed by atoms with van der Waals surface area (Å²) in [5.41, 5.74) is 1.96. The highest BCUT2D eigenvalue weighted by Gasteiger charge is 2.37. The van der Waals surface area contributed by atoms with Crippen molar-refractivity contribution in [1.82, 2.24) is 9.88 Å². The van der Waals surface area contributed by atoms with Gasteiger partial charge in [0, 0.05) is 28.8 Å². The van der Waals surface area contributed by atoms with Gasteiger partial charge in [0.05, 0.1) is 5.69 Å². The number of ketones is 1. The Morgan fingerprint density at radius 3 is 2.27 bits per heavy atom. The largest absolute Gasteiger partial charge is 0.346 e. The molecule has 6 nitrogen and oxygen atoms in total. The fourth-order valence-electron chi connectivity index (χ4n) is 3.88. The second-order valence-electron chi connectivity index (χ2n) is 8.52. The molecule has 1 heterocycles. The van der Waals surface area contributed by atoms with Crippen LogP contribution in [0, 0.1) is 5.92 Å². The van der Waals surface area contributed by atoms with Crippen LogP contribution in [-0.4, -0.2) is 35.7 Å². The number of nitrogens with zero attached hydrogens (tertiary/aromatic N) is 2. The lowest BCUT2D eigenvalue weighted by Crippen LogP contribution is -2.49. The summed E-state index contributed by atoms with van der Waals surface area (Å²) in [6, 6.07) is 20.6. The van der Waals surface area contributed by atoms with Gasteiger partial charge in [-0.2, -0.15) is 0 Å². The van der Waals surface area contributed by atoms with Gasteiger partial charge in [-0.15, -0.1) is 0 Å². The highest BCUT2D eigenvalue weighted by Crippen LogP contribution is 2.36. The summed E-state index contributed by atoms with van der Waals surface area (Å²) in [6.45, 7) is 5.76. The summed E-state index contributed by atoms with van der Waals surface area (Å²) >= 11 is 0. The van der Waals surface area contributed by atoms with Crippen LogP contribution in [0.4, 0.5) is 11.5 Å². The van der Waals surface area contributed by atoms with E-state index in [1.807, 2.05) is 93.5 Å². The van der Waals surface area contributed by atoms with Crippen molar-refractivity contribution >= 4 is 23.2 Å². The first-order valence-electron chi connectivity index (χ1n) is 11.2. The Labute approximate surface area is 196 Å². The molecule has 1 amide bonds. The van der Waals surface area contributed by atoms with Crippen molar-refractivity contribution < 1.29 is 9.59 Å². The molecule has 0 spiro atoms. The van der Waals surface area contributed by atoms with Crippen LogP contribution in [0.5, 0.6) is 0 Å². The standard InChI is InChI=1S/C27H32N4O2/c1-6-27(31(4)5,30-25-23(17-12-18-28-25)29-26(33)19(2)3)22-16-11-10-15-21(22)24(32)20-13-8-7-9-14-20/h7-19H,6H2,1-5H3,(H,28,30)(H,29,33). The van der Waals surface area contributed by atoms with E-state index in [9.17, 15) is 9.59 Å². The van der Waals surface area contributed by atoms with Crippen LogP contribution in [0.25, 0.3) is 0 Å². The maximum absolute atomic E-state index is 13.5. The van der Waals surface area contributed by atoms with Crippen molar-refractivity contribution in [3.63, 3.8) is 0 Å². The molecular weight excluding hydrogens is 412 g/mol. The third-order valence-corrected chi connectivity index (χ3v) is 5.84. The normalized spacial score (nSPS) is 12.9. The molecule has 2 aromatic carbocycles. The molecule has 0 saturated heterocycles. The lowest BCUT2D eigenvalue weighted by atomic mass is 9.87. The number of hydrogen-bond acceptors (Lipinski definition) is 5. The average Bonchev–Trinajstić information content (AvgIpc) is 2.83. The Morgan fingerprint density at radius 2 is 1.64 bits per heavy atom. The van der Waals surface area contributed by atoms with Crippen LogP contribution in [0.3, 0.4) is 0 Å². The number of carbonyl (C=O) groups excluding carboxylic acids is 2. The molecule has 0 saturated carbocycles. The van der Waals surface area contributed by atoms with Gasteiger partial charge in [-0.3, -0.25) is 14.5 Å². The number of amides is 1. The van der Waals surface area contributed by atoms with Crippen molar-refractivity contribution in [3.05, 3.63) is 89.6 Å². The number of hydrogen-bond donors (Lipinski definition) is 2. The van der Waals surface area contributed by atoms with Gasteiger partial charge in [-0.05, 0) is 32.6 Å². The molecule has 172 valence electrons. The van der Waals surface area contributed by atoms with E-state index in [1.165, 1.54) is 0 Å². The van der Waals surface area contributed by atoms with Gasteiger partial charge in [0.25, 0.3) is 0 Å². The highest BCUT2D eigenvalue weighted by molar-refractivity contribution is 6.10. The molecule has 6 heteroatoms. The van der Waals surface area contributed by atoms with Gasteiger partial charge in [-0.25, -0.2) is 4.98 Å². The SMILES string of the molecule is CCC(Nc1ncccc1NC(=O)C(C)C)(c1ccccc1C(=O)c1ccccc1)N(C)C. The van der Waals surface area contributed by atoms with E-state index in [0.29, 0.717) is 29.1 Å². The summed E-state index contributed by atoms with van der Waals surface area (Å²) in [4.78, 5) is 32.4. The second kappa shape index (κ2) is 10.4. The molecule has 3 rings (SSSR count). The van der Waals surface area contributed by atoms with E-state index >= 15 is 0 Å². The molecule has 1 atom stereocenters. The van der Waals surface area contributed by atoms with Crippen LogP contribution in [0.2, 0.25) is 0 Å². The van der Waals surface area contributed by atoms with Gasteiger partial charge in [0.15, 0.2) is 11.6 Å². The van der Waals surface area contributed by atoms with Crippen molar-refractivity contribution in [2.75, 3.05) is 24.7 Å². The van der Waals surface area contributed by atoms with Crippen LogP contribution in [-0.2, 0) is 10.5 Å². The summed E-state index contributed by atoms with van der Waals surface area (Å²) in [7, 11) is 3.94. The molecule has 3 aromatic rings. The van der Waals surface area contributed by atoms with E-state index in [0.717, 1.165) is 5.56 Å². The van der Waals surface area contributed by atoms with Gasteiger partial charge in [-0.1, -0.05) is 75.4 Å². The first-order valence-corrected chi connectivity index (χ1v) is 11.2. The van der Waals surface area contributed by atoms with Crippen LogP contribution in [0.1, 0.15) is 48.7 Å². The first-order chi connectivity index (χ1) is 15.8. The quantitative estimate of drug-likeness (QED) is 0.353. The molecule has 2 N–H and O–H groups in total. The van der Waals surface area contributed by atoms with Gasteiger partial charge >= 0.3 is 0 Å². The van der Waals surface area contributed by atoms with Gasteiger partial charge in [0.1, 0.15) is 5.66 Å². The maximum Gasteiger partial charge on any atom is 0.227 e. The zero-order valence-corrected chi connectivity index (χ0v) is 19.9. The average molecular weight is 445 g/mol. The number of nitrogens with one attached hydrogen (secondary N) is 2. The van der Waals surface area contributed by atoms with Crippen molar-refractivity contribution in [2.45, 2.75) is 32.9 Å². The van der Waals surface area contributed by atoms with Crippen LogP contribution in [0.15, 0.2) is 72.9 Å². The minimum Gasteiger partial charge on any atom is -0.346 e. The molecule has 1 aromatic heterocycles. The Kier molecular flexibility index (Phi) is 7.61. The van der Waals surface area contributed by atoms with Crippen LogP contribution >= 0.6 is 0 Å². The zero-order chi connectivity index (χ0) is 24.0. The van der Waals surface area contributed by atoms with E-state index in [4.69, 9.17) is 0 Å². The number of carbonyl (C=O) groups is 2. The van der Waals surface area contributed by atoms with Crippen molar-refractivity contribution in [3.8, 4) is 0 Å². The molecule has 0 bridgehead atoms. The summed E-state index contributed by atoms with van der Waals surface area (Å²) in [5, 5.41) is 6.53. The molecule has 0 aliphatic heterocycles. The lowest BCUT2D eigenvalue weighted by molar-refractivity contribution is -0.118. The Morgan fingerprint density at radius 1 is 0.970 bits per heavy atom. The van der Waals surface area contributed by atoms with E-state index in [1.54, 1.807) is 12.3 Å². The summed E-state index contributed by atoms with van der Waals surface area (Å²) in [6.07, 6.45) is 2.33. The fraction of sp³-hybridized carbons (Fsp3) is 0.296. The van der Waals surface area contributed by atoms with E-state index in [-0.39, 0.29) is 17.6 Å². The number of pyridine rings is 1. The number of benzene rings is 2. The van der Waals surface area contributed by atoms with E-state index < -0.39 is 5.66 Å². The zero-order valence-electron chi connectivity index (χ0n) is 19.9. The third-order valence-electron chi connectivity index (χ3n) is 5.84. The van der Waals surface area contributed by atoms with Crippen LogP contribution < -0.4 is 10.6 Å². The second-order valence-corrected chi connectivity index (χ2v) is 8.52. The minimum atomic E-state index is -0.743. The topological polar surface area (TPSA) is 74.3 Å². The summed E-state index contributed by atoms with van der Waals surface area (Å²) in [5.74, 6) is 0.260. The monoisotopic (exact) mass is 444 g/mol. The molecule has 1 unspecified atom stereocenters. The Balaban J connectivity index is 2.10. The van der Waals surface area contributed by atoms with Crippen molar-refractivity contribution in [1.29, 1.82) is 0 Å². The number of aromatic nitrogens is 1. The third kappa shape index (κ3) is 5.12. The van der Waals surface area contributed by atoms with Gasteiger partial charge in [0.2, 0.25) is 5.91 Å². The summed E-state index contributed by atoms with van der Waals surface area (Å²) < 4.78 is 0. The number of rotatable bonds is 9. The molecule has 0 fully saturated rings. The van der Waals surface area contributed by atoms with Crippen molar-refractivity contribution in [2.24, 2.45) is 5.92 Å². The first kappa shape index (κ1) is 24.1. The predicted molar refractivity (Wildman–Crippen MR) is 133 cm³/mol. The Bertz CT molecular complexity index is 1110. The minimum absolute atomic E-state index is 0.0398. The molecular formula is C27H32N4O2. The Hall–Kier alpha value is -3.51. The highest BCUT2D eigenvalue weighted by atomic mass is 16.2. The lowest BCUT2D eigenvalue weighted by Gasteiger charge is -2.42. The molecule has 0 radical (unpaired) electrons. The maximum atomic E-state index is 13.5. The molecule has 0 aliphatic rings. The number of anilines is 2. The fourth-order valence-corrected chi connectivity index (χ4v) is 3.88.